The van der Waals surface area contributed by atoms with Crippen molar-refractivity contribution in [3.8, 4) is 0 Å². The molecule has 3 rings (SSSR count). The minimum Gasteiger partial charge on any atom is -0.376 e. The molecule has 5 heteroatoms. The van der Waals surface area contributed by atoms with Crippen molar-refractivity contribution >= 4 is 17.5 Å². The van der Waals surface area contributed by atoms with Crippen LogP contribution in [-0.2, 0) is 9.53 Å². The van der Waals surface area contributed by atoms with Crippen molar-refractivity contribution in [2.45, 2.75) is 31.8 Å². The maximum absolute atomic E-state index is 12.3. The highest BCUT2D eigenvalue weighted by Gasteiger charge is 2.30. The van der Waals surface area contributed by atoms with Crippen LogP contribution in [0.1, 0.15) is 36.0 Å². The third-order valence-corrected chi connectivity index (χ3v) is 3.89. The zero-order valence-electron chi connectivity index (χ0n) is 11.9. The van der Waals surface area contributed by atoms with Crippen LogP contribution in [0.5, 0.6) is 0 Å². The average molecular weight is 288 g/mol. The van der Waals surface area contributed by atoms with Gasteiger partial charge < -0.3 is 15.4 Å². The molecule has 0 unspecified atom stereocenters. The summed E-state index contributed by atoms with van der Waals surface area (Å²) in [5.74, 6) is -0.0421. The van der Waals surface area contributed by atoms with Gasteiger partial charge in [-0.1, -0.05) is 12.1 Å². The minimum atomic E-state index is -0.169. The third-order valence-electron chi connectivity index (χ3n) is 3.89. The first-order valence-corrected chi connectivity index (χ1v) is 7.54. The van der Waals surface area contributed by atoms with E-state index < -0.39 is 0 Å². The quantitative estimate of drug-likeness (QED) is 0.870. The Morgan fingerprint density at radius 1 is 1.19 bits per heavy atom. The van der Waals surface area contributed by atoms with Crippen molar-refractivity contribution in [2.24, 2.45) is 5.92 Å². The maximum Gasteiger partial charge on any atom is 0.253 e. The Bertz CT molecular complexity index is 534. The summed E-state index contributed by atoms with van der Waals surface area (Å²) in [6.45, 7) is 1.29. The van der Waals surface area contributed by atoms with E-state index in [4.69, 9.17) is 4.74 Å². The summed E-state index contributed by atoms with van der Waals surface area (Å²) < 4.78 is 5.49. The summed E-state index contributed by atoms with van der Waals surface area (Å²) in [5, 5.41) is 5.73. The number of carbonyl (C=O) groups excluding carboxylic acids is 2. The highest BCUT2D eigenvalue weighted by Crippen LogP contribution is 2.30. The number of amides is 2. The van der Waals surface area contributed by atoms with E-state index in [9.17, 15) is 9.59 Å². The molecule has 2 aliphatic rings. The van der Waals surface area contributed by atoms with E-state index in [0.29, 0.717) is 17.8 Å². The van der Waals surface area contributed by atoms with Gasteiger partial charge in [-0.15, -0.1) is 0 Å². The summed E-state index contributed by atoms with van der Waals surface area (Å²) in [6.07, 6.45) is 4.04. The summed E-state index contributed by atoms with van der Waals surface area (Å²) in [7, 11) is 0. The molecular formula is C16H20N2O3. The van der Waals surface area contributed by atoms with E-state index in [1.807, 2.05) is 6.07 Å². The van der Waals surface area contributed by atoms with Crippen LogP contribution in [0.2, 0.25) is 0 Å². The molecule has 1 saturated heterocycles. The molecule has 1 atom stereocenters. The van der Waals surface area contributed by atoms with Crippen molar-refractivity contribution < 1.29 is 14.3 Å². The zero-order chi connectivity index (χ0) is 14.7. The number of rotatable bonds is 5. The van der Waals surface area contributed by atoms with E-state index in [0.717, 1.165) is 32.3 Å². The lowest BCUT2D eigenvalue weighted by Crippen LogP contribution is -2.32. The number of hydrogen-bond acceptors (Lipinski definition) is 3. The topological polar surface area (TPSA) is 67.4 Å². The molecule has 0 radical (unpaired) electrons. The Hall–Kier alpha value is -1.88. The summed E-state index contributed by atoms with van der Waals surface area (Å²) in [4.78, 5) is 24.1. The molecule has 0 bridgehead atoms. The molecule has 0 aromatic heterocycles. The second-order valence-electron chi connectivity index (χ2n) is 5.65. The lowest BCUT2D eigenvalue weighted by molar-refractivity contribution is -0.117. The molecule has 5 nitrogen and oxygen atoms in total. The van der Waals surface area contributed by atoms with Gasteiger partial charge >= 0.3 is 0 Å². The molecule has 2 amide bonds. The van der Waals surface area contributed by atoms with E-state index >= 15 is 0 Å². The molecule has 1 aromatic rings. The van der Waals surface area contributed by atoms with Crippen LogP contribution in [0.3, 0.4) is 0 Å². The van der Waals surface area contributed by atoms with Gasteiger partial charge in [0.05, 0.1) is 17.4 Å². The molecule has 21 heavy (non-hydrogen) atoms. The van der Waals surface area contributed by atoms with Crippen LogP contribution in [-0.4, -0.2) is 31.1 Å². The third kappa shape index (κ3) is 3.61. The Labute approximate surface area is 124 Å². The molecule has 2 N–H and O–H groups in total. The summed E-state index contributed by atoms with van der Waals surface area (Å²) >= 11 is 0. The number of benzene rings is 1. The highest BCUT2D eigenvalue weighted by molar-refractivity contribution is 6.04. The lowest BCUT2D eigenvalue weighted by atomic mass is 10.1. The van der Waals surface area contributed by atoms with Gasteiger partial charge in [0.1, 0.15) is 0 Å². The van der Waals surface area contributed by atoms with Crippen molar-refractivity contribution in [3.63, 3.8) is 0 Å². The van der Waals surface area contributed by atoms with Gasteiger partial charge in [-0.25, -0.2) is 0 Å². The number of para-hydroxylation sites is 1. The highest BCUT2D eigenvalue weighted by atomic mass is 16.5. The molecular weight excluding hydrogens is 268 g/mol. The Morgan fingerprint density at radius 2 is 2.00 bits per heavy atom. The van der Waals surface area contributed by atoms with Crippen LogP contribution >= 0.6 is 0 Å². The second kappa shape index (κ2) is 6.26. The van der Waals surface area contributed by atoms with Crippen LogP contribution in [0.4, 0.5) is 5.69 Å². The van der Waals surface area contributed by atoms with Crippen molar-refractivity contribution in [2.75, 3.05) is 18.5 Å². The average Bonchev–Trinajstić information content (AvgIpc) is 3.22. The number of anilines is 1. The Kier molecular flexibility index (Phi) is 4.20. The fraction of sp³-hybridized carbons (Fsp3) is 0.500. The predicted octanol–water partition coefficient (Wildman–Crippen LogP) is 1.94. The molecule has 2 fully saturated rings. The number of carbonyl (C=O) groups is 2. The minimum absolute atomic E-state index is 0.00868. The van der Waals surface area contributed by atoms with Crippen LogP contribution in [0.25, 0.3) is 0 Å². The monoisotopic (exact) mass is 288 g/mol. The summed E-state index contributed by atoms with van der Waals surface area (Å²) in [5.41, 5.74) is 1.09. The molecule has 1 aromatic carbocycles. The number of hydrogen-bond donors (Lipinski definition) is 2. The molecule has 1 aliphatic carbocycles. The molecule has 112 valence electrons. The largest absolute Gasteiger partial charge is 0.376 e. The Balaban J connectivity index is 1.62. The van der Waals surface area contributed by atoms with Gasteiger partial charge in [-0.05, 0) is 37.8 Å². The zero-order valence-corrected chi connectivity index (χ0v) is 11.9. The van der Waals surface area contributed by atoms with Gasteiger partial charge in [0.25, 0.3) is 5.91 Å². The summed E-state index contributed by atoms with van der Waals surface area (Å²) in [6, 6.07) is 7.11. The normalized spacial score (nSPS) is 21.0. The van der Waals surface area contributed by atoms with E-state index in [1.165, 1.54) is 0 Å². The predicted molar refractivity (Wildman–Crippen MR) is 79.1 cm³/mol. The smallest absolute Gasteiger partial charge is 0.253 e. The van der Waals surface area contributed by atoms with E-state index in [1.54, 1.807) is 18.2 Å². The van der Waals surface area contributed by atoms with E-state index in [-0.39, 0.29) is 23.8 Å². The first kappa shape index (κ1) is 14.1. The van der Waals surface area contributed by atoms with Crippen molar-refractivity contribution in [1.29, 1.82) is 0 Å². The van der Waals surface area contributed by atoms with E-state index in [2.05, 4.69) is 10.6 Å². The van der Waals surface area contributed by atoms with Crippen LogP contribution < -0.4 is 10.6 Å². The van der Waals surface area contributed by atoms with Gasteiger partial charge in [0.2, 0.25) is 5.91 Å². The molecule has 1 heterocycles. The van der Waals surface area contributed by atoms with Gasteiger partial charge in [-0.3, -0.25) is 9.59 Å². The SMILES string of the molecule is O=C(NC[C@H]1CCCO1)c1ccccc1NC(=O)C1CC1. The van der Waals surface area contributed by atoms with Crippen LogP contribution in [0, 0.1) is 5.92 Å². The molecule has 1 aliphatic heterocycles. The van der Waals surface area contributed by atoms with Gasteiger partial charge in [0, 0.05) is 19.1 Å². The first-order valence-electron chi connectivity index (χ1n) is 7.54. The van der Waals surface area contributed by atoms with Crippen molar-refractivity contribution in [3.05, 3.63) is 29.8 Å². The standard InChI is InChI=1S/C16H20N2O3/c19-15(11-7-8-11)18-14-6-2-1-5-13(14)16(20)17-10-12-4-3-9-21-12/h1-2,5-6,11-12H,3-4,7-10H2,(H,17,20)(H,18,19)/t12-/m1/s1. The second-order valence-corrected chi connectivity index (χ2v) is 5.65. The number of ether oxygens (including phenoxy) is 1. The van der Waals surface area contributed by atoms with Gasteiger partial charge in [0.15, 0.2) is 0 Å². The maximum atomic E-state index is 12.3. The fourth-order valence-corrected chi connectivity index (χ4v) is 2.48. The van der Waals surface area contributed by atoms with Crippen molar-refractivity contribution in [1.82, 2.24) is 5.32 Å². The first-order chi connectivity index (χ1) is 10.2. The van der Waals surface area contributed by atoms with Crippen LogP contribution in [0.15, 0.2) is 24.3 Å². The van der Waals surface area contributed by atoms with Gasteiger partial charge in [-0.2, -0.15) is 0 Å². The lowest BCUT2D eigenvalue weighted by Gasteiger charge is -2.13. The fourth-order valence-electron chi connectivity index (χ4n) is 2.48. The molecule has 1 saturated carbocycles. The molecule has 0 spiro atoms. The number of nitrogens with one attached hydrogen (secondary N) is 2. The Morgan fingerprint density at radius 3 is 2.71 bits per heavy atom.